The van der Waals surface area contributed by atoms with E-state index in [2.05, 4.69) is 32.9 Å². The molecular formula is C21H21BrClN3O3. The third-order valence-corrected chi connectivity index (χ3v) is 5.08. The molecule has 0 saturated heterocycles. The SMILES string of the molecule is CCCCc1nc2ccc(Br)cc2c(=O)n1N=Cc1cc(Cl)c(O)c(OCC)c1. The molecule has 0 bridgehead atoms. The predicted molar refractivity (Wildman–Crippen MR) is 120 cm³/mol. The summed E-state index contributed by atoms with van der Waals surface area (Å²) in [5, 5.41) is 15.0. The molecular weight excluding hydrogens is 458 g/mol. The molecule has 0 aliphatic carbocycles. The third-order valence-electron chi connectivity index (χ3n) is 4.30. The first-order valence-electron chi connectivity index (χ1n) is 9.35. The van der Waals surface area contributed by atoms with Gasteiger partial charge in [-0.05, 0) is 49.2 Å². The molecule has 0 fully saturated rings. The second-order valence-corrected chi connectivity index (χ2v) is 7.76. The van der Waals surface area contributed by atoms with Gasteiger partial charge in [-0.1, -0.05) is 40.9 Å². The molecule has 152 valence electrons. The van der Waals surface area contributed by atoms with Crippen LogP contribution in [-0.4, -0.2) is 27.6 Å². The molecule has 0 radical (unpaired) electrons. The first kappa shape index (κ1) is 21.3. The Morgan fingerprint density at radius 3 is 2.83 bits per heavy atom. The molecule has 3 aromatic rings. The van der Waals surface area contributed by atoms with Crippen molar-refractivity contribution >= 4 is 44.6 Å². The van der Waals surface area contributed by atoms with E-state index in [4.69, 9.17) is 16.3 Å². The molecule has 2 aromatic carbocycles. The average Bonchev–Trinajstić information content (AvgIpc) is 2.70. The van der Waals surface area contributed by atoms with Gasteiger partial charge in [0.05, 0.1) is 28.7 Å². The Morgan fingerprint density at radius 2 is 2.10 bits per heavy atom. The van der Waals surface area contributed by atoms with E-state index in [-0.39, 0.29) is 22.1 Å². The number of nitrogens with zero attached hydrogens (tertiary/aromatic N) is 3. The molecule has 8 heteroatoms. The Balaban J connectivity index is 2.11. The van der Waals surface area contributed by atoms with Gasteiger partial charge in [0.15, 0.2) is 11.5 Å². The molecule has 3 rings (SSSR count). The maximum Gasteiger partial charge on any atom is 0.282 e. The molecule has 0 aliphatic rings. The maximum atomic E-state index is 13.1. The highest BCUT2D eigenvalue weighted by atomic mass is 79.9. The van der Waals surface area contributed by atoms with Crippen molar-refractivity contribution in [3.63, 3.8) is 0 Å². The zero-order chi connectivity index (χ0) is 21.0. The zero-order valence-corrected chi connectivity index (χ0v) is 18.5. The summed E-state index contributed by atoms with van der Waals surface area (Å²) in [6, 6.07) is 8.60. The highest BCUT2D eigenvalue weighted by Gasteiger charge is 2.12. The molecule has 1 N–H and O–H groups in total. The smallest absolute Gasteiger partial charge is 0.282 e. The summed E-state index contributed by atoms with van der Waals surface area (Å²) >= 11 is 9.48. The predicted octanol–water partition coefficient (Wildman–Crippen LogP) is 5.14. The van der Waals surface area contributed by atoms with E-state index < -0.39 is 0 Å². The van der Waals surface area contributed by atoms with Crippen LogP contribution in [0.2, 0.25) is 5.02 Å². The lowest BCUT2D eigenvalue weighted by Crippen LogP contribution is -2.22. The number of aromatic nitrogens is 2. The number of fused-ring (bicyclic) bond motifs is 1. The first-order valence-corrected chi connectivity index (χ1v) is 10.5. The number of halogens is 2. The number of phenols is 1. The standard InChI is InChI=1S/C21H21BrClN3O3/c1-3-5-6-19-25-17-8-7-14(22)11-15(17)21(28)26(19)24-12-13-9-16(23)20(27)18(10-13)29-4-2/h7-12,27H,3-6H2,1-2H3. The van der Waals surface area contributed by atoms with Crippen LogP contribution in [-0.2, 0) is 6.42 Å². The van der Waals surface area contributed by atoms with Crippen molar-refractivity contribution in [2.45, 2.75) is 33.1 Å². The van der Waals surface area contributed by atoms with Crippen LogP contribution in [0.25, 0.3) is 10.9 Å². The van der Waals surface area contributed by atoms with E-state index in [9.17, 15) is 9.90 Å². The lowest BCUT2D eigenvalue weighted by molar-refractivity contribution is 0.318. The minimum absolute atomic E-state index is 0.122. The van der Waals surface area contributed by atoms with Crippen molar-refractivity contribution in [1.82, 2.24) is 9.66 Å². The normalized spacial score (nSPS) is 11.4. The van der Waals surface area contributed by atoms with Gasteiger partial charge in [-0.3, -0.25) is 4.79 Å². The minimum Gasteiger partial charge on any atom is -0.503 e. The maximum absolute atomic E-state index is 13.1. The van der Waals surface area contributed by atoms with E-state index in [1.165, 1.54) is 10.9 Å². The average molecular weight is 479 g/mol. The molecule has 6 nitrogen and oxygen atoms in total. The summed E-state index contributed by atoms with van der Waals surface area (Å²) in [5.74, 6) is 0.738. The third kappa shape index (κ3) is 4.79. The van der Waals surface area contributed by atoms with E-state index in [0.29, 0.717) is 35.3 Å². The van der Waals surface area contributed by atoms with Crippen LogP contribution in [0.3, 0.4) is 0 Å². The largest absolute Gasteiger partial charge is 0.503 e. The number of aromatic hydroxyl groups is 1. The summed E-state index contributed by atoms with van der Waals surface area (Å²) < 4.78 is 7.52. The number of hydrogen-bond acceptors (Lipinski definition) is 5. The van der Waals surface area contributed by atoms with E-state index in [0.717, 1.165) is 17.3 Å². The van der Waals surface area contributed by atoms with Crippen molar-refractivity contribution in [1.29, 1.82) is 0 Å². The molecule has 0 aliphatic heterocycles. The molecule has 0 atom stereocenters. The number of aryl methyl sites for hydroxylation is 1. The van der Waals surface area contributed by atoms with Crippen molar-refractivity contribution in [3.8, 4) is 11.5 Å². The number of rotatable bonds is 7. The van der Waals surface area contributed by atoms with Gasteiger partial charge in [-0.2, -0.15) is 9.78 Å². The van der Waals surface area contributed by atoms with Crippen LogP contribution in [0.1, 0.15) is 38.1 Å². The molecule has 1 aromatic heterocycles. The second-order valence-electron chi connectivity index (χ2n) is 6.44. The minimum atomic E-state index is -0.242. The lowest BCUT2D eigenvalue weighted by Gasteiger charge is -2.10. The number of benzene rings is 2. The molecule has 0 amide bonds. The quantitative estimate of drug-likeness (QED) is 0.477. The Morgan fingerprint density at radius 1 is 1.31 bits per heavy atom. The molecule has 1 heterocycles. The van der Waals surface area contributed by atoms with Gasteiger partial charge in [-0.25, -0.2) is 4.98 Å². The lowest BCUT2D eigenvalue weighted by atomic mass is 10.2. The summed E-state index contributed by atoms with van der Waals surface area (Å²) in [7, 11) is 0. The summed E-state index contributed by atoms with van der Waals surface area (Å²) in [6.45, 7) is 4.28. The van der Waals surface area contributed by atoms with E-state index in [1.807, 2.05) is 19.1 Å². The van der Waals surface area contributed by atoms with Gasteiger partial charge in [0, 0.05) is 10.9 Å². The number of ether oxygens (including phenoxy) is 1. The Bertz CT molecular complexity index is 1130. The van der Waals surface area contributed by atoms with Crippen LogP contribution < -0.4 is 10.3 Å². The fraction of sp³-hybridized carbons (Fsp3) is 0.286. The van der Waals surface area contributed by atoms with Crippen molar-refractivity contribution in [3.05, 3.63) is 61.6 Å². The van der Waals surface area contributed by atoms with Crippen LogP contribution in [0.5, 0.6) is 11.5 Å². The van der Waals surface area contributed by atoms with Crippen molar-refractivity contribution in [2.75, 3.05) is 6.61 Å². The van der Waals surface area contributed by atoms with Gasteiger partial charge >= 0.3 is 0 Å². The first-order chi connectivity index (χ1) is 13.9. The number of phenolic OH excluding ortho intramolecular Hbond substituents is 1. The molecule has 29 heavy (non-hydrogen) atoms. The van der Waals surface area contributed by atoms with Crippen molar-refractivity contribution in [2.24, 2.45) is 5.10 Å². The van der Waals surface area contributed by atoms with Crippen LogP contribution in [0.15, 0.2) is 44.7 Å². The van der Waals surface area contributed by atoms with Gasteiger partial charge < -0.3 is 9.84 Å². The van der Waals surface area contributed by atoms with E-state index >= 15 is 0 Å². The van der Waals surface area contributed by atoms with E-state index in [1.54, 1.807) is 18.2 Å². The Labute approximate surface area is 181 Å². The van der Waals surface area contributed by atoms with Crippen molar-refractivity contribution < 1.29 is 9.84 Å². The van der Waals surface area contributed by atoms with Gasteiger partial charge in [0.25, 0.3) is 5.56 Å². The van der Waals surface area contributed by atoms with Gasteiger partial charge in [0.1, 0.15) is 5.82 Å². The van der Waals surface area contributed by atoms with Gasteiger partial charge in [0.2, 0.25) is 0 Å². The number of unbranched alkanes of at least 4 members (excludes halogenated alkanes) is 1. The topological polar surface area (TPSA) is 76.7 Å². The molecule has 0 saturated carbocycles. The summed E-state index contributed by atoms with van der Waals surface area (Å²) in [4.78, 5) is 17.7. The summed E-state index contributed by atoms with van der Waals surface area (Å²) in [5.41, 5.74) is 0.995. The number of hydrogen-bond donors (Lipinski definition) is 1. The second kappa shape index (κ2) is 9.41. The highest BCUT2D eigenvalue weighted by molar-refractivity contribution is 9.10. The fourth-order valence-electron chi connectivity index (χ4n) is 2.87. The molecule has 0 spiro atoms. The Kier molecular flexibility index (Phi) is 6.92. The summed E-state index contributed by atoms with van der Waals surface area (Å²) in [6.07, 6.45) is 4.01. The highest BCUT2D eigenvalue weighted by Crippen LogP contribution is 2.34. The van der Waals surface area contributed by atoms with Crippen LogP contribution >= 0.6 is 27.5 Å². The fourth-order valence-corrected chi connectivity index (χ4v) is 3.45. The zero-order valence-electron chi connectivity index (χ0n) is 16.2. The Hall–Kier alpha value is -2.38. The monoisotopic (exact) mass is 477 g/mol. The van der Waals surface area contributed by atoms with Crippen LogP contribution in [0, 0.1) is 0 Å². The van der Waals surface area contributed by atoms with Crippen LogP contribution in [0.4, 0.5) is 0 Å². The molecule has 0 unspecified atom stereocenters. The van der Waals surface area contributed by atoms with Gasteiger partial charge in [-0.15, -0.1) is 0 Å².